The van der Waals surface area contributed by atoms with Gasteiger partial charge in [0.2, 0.25) is 23.6 Å². The zero-order valence-corrected chi connectivity index (χ0v) is 30.8. The highest BCUT2D eigenvalue weighted by atomic mass is 32.1. The van der Waals surface area contributed by atoms with E-state index in [0.717, 1.165) is 37.2 Å². The van der Waals surface area contributed by atoms with E-state index < -0.39 is 5.91 Å². The molecule has 4 amide bonds. The van der Waals surface area contributed by atoms with Gasteiger partial charge in [-0.25, -0.2) is 0 Å². The van der Waals surface area contributed by atoms with Crippen molar-refractivity contribution in [2.45, 2.75) is 87.2 Å². The summed E-state index contributed by atoms with van der Waals surface area (Å²) in [4.78, 5) is 67.3. The SMILES string of the molecule is C.CC(=O)CCCC(=O)NCC(=O)NCC(S)CC(S)CCS.CC(=O)COCC(=O)NCC(=O)NCC(S)CC(S)CCS. The van der Waals surface area contributed by atoms with Crippen molar-refractivity contribution in [1.82, 2.24) is 21.3 Å². The van der Waals surface area contributed by atoms with Gasteiger partial charge < -0.3 is 30.8 Å². The average molecular weight is 751 g/mol. The maximum absolute atomic E-state index is 11.6. The van der Waals surface area contributed by atoms with Gasteiger partial charge in [-0.2, -0.15) is 75.8 Å². The number of carbonyl (C=O) groups excluding carboxylic acids is 6. The minimum absolute atomic E-state index is 0. The summed E-state index contributed by atoms with van der Waals surface area (Å²) in [5.41, 5.74) is 0. The van der Waals surface area contributed by atoms with Crippen molar-refractivity contribution in [3.63, 3.8) is 0 Å². The van der Waals surface area contributed by atoms with Gasteiger partial charge >= 0.3 is 0 Å². The van der Waals surface area contributed by atoms with Crippen molar-refractivity contribution in [2.24, 2.45) is 0 Å². The molecule has 0 rings (SSSR count). The average Bonchev–Trinajstić information content (AvgIpc) is 2.93. The first-order chi connectivity index (χ1) is 20.7. The van der Waals surface area contributed by atoms with Crippen LogP contribution < -0.4 is 21.3 Å². The van der Waals surface area contributed by atoms with E-state index in [9.17, 15) is 28.8 Å². The first kappa shape index (κ1) is 48.7. The molecular weight excluding hydrogens is 697 g/mol. The molecule has 0 heterocycles. The number of amides is 4. The maximum atomic E-state index is 11.6. The molecule has 45 heavy (non-hydrogen) atoms. The smallest absolute Gasteiger partial charge is 0.246 e. The van der Waals surface area contributed by atoms with Crippen molar-refractivity contribution in [2.75, 3.05) is 50.9 Å². The van der Waals surface area contributed by atoms with Crippen molar-refractivity contribution in [3.8, 4) is 0 Å². The van der Waals surface area contributed by atoms with Gasteiger partial charge in [0.25, 0.3) is 0 Å². The minimum Gasteiger partial charge on any atom is -0.364 e. The van der Waals surface area contributed by atoms with Crippen LogP contribution >= 0.6 is 75.8 Å². The second-order valence-electron chi connectivity index (χ2n) is 10.0. The molecule has 0 aromatic heterocycles. The third kappa shape index (κ3) is 36.0. The van der Waals surface area contributed by atoms with E-state index >= 15 is 0 Å². The van der Waals surface area contributed by atoms with Crippen molar-refractivity contribution < 1.29 is 33.5 Å². The molecule has 0 aromatic carbocycles. The van der Waals surface area contributed by atoms with Crippen LogP contribution in [0.5, 0.6) is 0 Å². The monoisotopic (exact) mass is 750 g/mol. The Bertz CT molecular complexity index is 805. The number of hydrogen-bond donors (Lipinski definition) is 10. The molecular formula is C28H54N4O7S6. The van der Waals surface area contributed by atoms with Crippen molar-refractivity contribution >= 4 is 111 Å². The van der Waals surface area contributed by atoms with E-state index in [1.54, 1.807) is 0 Å². The molecule has 4 atom stereocenters. The number of thiol groups is 6. The van der Waals surface area contributed by atoms with Gasteiger partial charge in [0.05, 0.1) is 13.1 Å². The van der Waals surface area contributed by atoms with E-state index in [1.807, 2.05) is 0 Å². The molecule has 11 nitrogen and oxygen atoms in total. The lowest BCUT2D eigenvalue weighted by molar-refractivity contribution is -0.131. The fraction of sp³-hybridized carbons (Fsp3) is 0.786. The predicted octanol–water partition coefficient (Wildman–Crippen LogP) is 2.05. The Hall–Kier alpha value is -0.720. The van der Waals surface area contributed by atoms with Crippen LogP contribution in [0.25, 0.3) is 0 Å². The summed E-state index contributed by atoms with van der Waals surface area (Å²) >= 11 is 25.9. The van der Waals surface area contributed by atoms with Crippen molar-refractivity contribution in [3.05, 3.63) is 0 Å². The Balaban J connectivity index is -0.000000767. The van der Waals surface area contributed by atoms with Crippen LogP contribution in [0.15, 0.2) is 0 Å². The number of rotatable bonds is 24. The largest absolute Gasteiger partial charge is 0.364 e. The van der Waals surface area contributed by atoms with E-state index in [-0.39, 0.29) is 90.4 Å². The highest BCUT2D eigenvalue weighted by Crippen LogP contribution is 2.14. The molecule has 0 aromatic rings. The first-order valence-electron chi connectivity index (χ1n) is 14.3. The molecule has 4 N–H and O–H groups in total. The van der Waals surface area contributed by atoms with Gasteiger partial charge in [0.1, 0.15) is 19.0 Å². The van der Waals surface area contributed by atoms with Gasteiger partial charge in [0, 0.05) is 46.9 Å². The van der Waals surface area contributed by atoms with Gasteiger partial charge in [0.15, 0.2) is 5.78 Å². The maximum Gasteiger partial charge on any atom is 0.246 e. The summed E-state index contributed by atoms with van der Waals surface area (Å²) in [5, 5.41) is 10.8. The summed E-state index contributed by atoms with van der Waals surface area (Å²) in [6.07, 6.45) is 4.48. The highest BCUT2D eigenvalue weighted by molar-refractivity contribution is 7.82. The summed E-state index contributed by atoms with van der Waals surface area (Å²) in [6, 6.07) is 0. The van der Waals surface area contributed by atoms with Crippen LogP contribution in [-0.4, -0.2) is 107 Å². The number of ketones is 2. The number of Topliss-reactive ketones (excluding diaryl/α,β-unsaturated/α-hetero) is 2. The molecule has 17 heteroatoms. The number of nitrogens with one attached hydrogen (secondary N) is 4. The quantitative estimate of drug-likeness (QED) is 0.0677. The summed E-state index contributed by atoms with van der Waals surface area (Å²) < 4.78 is 4.83. The molecule has 0 aliphatic rings. The standard InChI is InChI=1S/C14H26N2O3S3.C13H24N2O4S3.CH4/c1-10(17)3-2-4-13(18)16-9-14(19)15-8-12(22)7-11(21)5-6-20;1-9(16)7-19-8-13(18)15-6-12(17)14-5-11(22)4-10(21)2-3-20;/h11-12,20-22H,2-9H2,1H3,(H,15,19)(H,16,18);10-11,20-22H,2-8H2,1H3,(H,14,17)(H,15,18);1H4. The normalized spacial score (nSPS) is 13.0. The Morgan fingerprint density at radius 2 is 1.02 bits per heavy atom. The topological polar surface area (TPSA) is 160 Å². The third-order valence-electron chi connectivity index (χ3n) is 5.45. The van der Waals surface area contributed by atoms with Gasteiger partial charge in [-0.15, -0.1) is 0 Å². The Labute approximate surface area is 302 Å². The van der Waals surface area contributed by atoms with Crippen LogP contribution in [0.2, 0.25) is 0 Å². The molecule has 0 radical (unpaired) electrons. The molecule has 0 saturated carbocycles. The number of carbonyl (C=O) groups is 6. The number of hydrogen-bond acceptors (Lipinski definition) is 13. The second-order valence-corrected chi connectivity index (χ2v) is 13.8. The highest BCUT2D eigenvalue weighted by Gasteiger charge is 2.13. The van der Waals surface area contributed by atoms with Gasteiger partial charge in [-0.1, -0.05) is 7.43 Å². The molecule has 0 spiro atoms. The molecule has 0 bridgehead atoms. The van der Waals surface area contributed by atoms with E-state index in [0.29, 0.717) is 25.9 Å². The van der Waals surface area contributed by atoms with Crippen LogP contribution in [0, 0.1) is 0 Å². The predicted molar refractivity (Wildman–Crippen MR) is 202 cm³/mol. The fourth-order valence-corrected chi connectivity index (χ4v) is 6.02. The second kappa shape index (κ2) is 31.9. The summed E-state index contributed by atoms with van der Waals surface area (Å²) in [5.74, 6) is 0.227. The Morgan fingerprint density at radius 1 is 0.578 bits per heavy atom. The van der Waals surface area contributed by atoms with Crippen LogP contribution in [-0.2, 0) is 33.5 Å². The molecule has 4 unspecified atom stereocenters. The molecule has 264 valence electrons. The zero-order chi connectivity index (χ0) is 33.9. The fourth-order valence-electron chi connectivity index (χ4n) is 3.20. The van der Waals surface area contributed by atoms with Gasteiger partial charge in [-0.05, 0) is 57.5 Å². The molecule has 0 saturated heterocycles. The lowest BCUT2D eigenvalue weighted by Crippen LogP contribution is -2.40. The van der Waals surface area contributed by atoms with Crippen LogP contribution in [0.4, 0.5) is 0 Å². The first-order valence-corrected chi connectivity index (χ1v) is 17.6. The molecule has 0 aliphatic carbocycles. The molecule has 0 fully saturated rings. The Kier molecular flexibility index (Phi) is 34.5. The van der Waals surface area contributed by atoms with E-state index in [2.05, 4.69) is 97.0 Å². The zero-order valence-electron chi connectivity index (χ0n) is 25.5. The van der Waals surface area contributed by atoms with Crippen LogP contribution in [0.3, 0.4) is 0 Å². The van der Waals surface area contributed by atoms with Crippen LogP contribution in [0.1, 0.15) is 66.2 Å². The van der Waals surface area contributed by atoms with E-state index in [4.69, 9.17) is 4.74 Å². The summed E-state index contributed by atoms with van der Waals surface area (Å²) in [6.45, 7) is 3.15. The summed E-state index contributed by atoms with van der Waals surface area (Å²) in [7, 11) is 0. The Morgan fingerprint density at radius 3 is 1.42 bits per heavy atom. The lowest BCUT2D eigenvalue weighted by atomic mass is 10.2. The minimum atomic E-state index is -0.442. The van der Waals surface area contributed by atoms with E-state index in [1.165, 1.54) is 13.8 Å². The number of ether oxygens (including phenoxy) is 1. The van der Waals surface area contributed by atoms with Crippen molar-refractivity contribution in [1.29, 1.82) is 0 Å². The lowest BCUT2D eigenvalue weighted by Gasteiger charge is -2.16. The third-order valence-corrected chi connectivity index (χ3v) is 7.69. The molecule has 0 aliphatic heterocycles. The van der Waals surface area contributed by atoms with Gasteiger partial charge in [-0.3, -0.25) is 24.0 Å².